The number of halogens is 1. The van der Waals surface area contributed by atoms with Gasteiger partial charge in [0, 0.05) is 54.2 Å². The Balaban J connectivity index is 1.19. The van der Waals surface area contributed by atoms with Gasteiger partial charge in [-0.15, -0.1) is 10.2 Å². The van der Waals surface area contributed by atoms with E-state index in [1.165, 1.54) is 6.07 Å². The molecule has 9 heteroatoms. The minimum atomic E-state index is -0.677. The summed E-state index contributed by atoms with van der Waals surface area (Å²) in [5.41, 5.74) is 3.69. The van der Waals surface area contributed by atoms with Gasteiger partial charge in [-0.05, 0) is 41.8 Å². The number of phenols is 1. The highest BCUT2D eigenvalue weighted by molar-refractivity contribution is 5.85. The molecule has 0 bridgehead atoms. The van der Waals surface area contributed by atoms with E-state index in [2.05, 4.69) is 52.9 Å². The topological polar surface area (TPSA) is 100 Å². The van der Waals surface area contributed by atoms with E-state index >= 15 is 0 Å². The van der Waals surface area contributed by atoms with Crippen LogP contribution in [0.2, 0.25) is 0 Å². The second kappa shape index (κ2) is 9.30. The molecule has 3 aromatic heterocycles. The van der Waals surface area contributed by atoms with E-state index < -0.39 is 11.6 Å². The summed E-state index contributed by atoms with van der Waals surface area (Å²) in [7, 11) is 0. The number of nitrogens with zero attached hydrogens (tertiary/aromatic N) is 4. The van der Waals surface area contributed by atoms with Crippen molar-refractivity contribution in [1.29, 1.82) is 0 Å². The second-order valence-corrected chi connectivity index (χ2v) is 9.70. The Kier molecular flexibility index (Phi) is 6.19. The van der Waals surface area contributed by atoms with E-state index in [0.29, 0.717) is 47.1 Å². The Morgan fingerprint density at radius 1 is 1.23 bits per heavy atom. The average Bonchev–Trinajstić information content (AvgIpc) is 3.41. The standard InChI is InChI=1S/C26H30FN5O3/c1-14(2)15(3)22-11-23(31-35-22)34-9-8-32-12-17(13-32)24-16(4)19-10-21(29-30-26(19)28-24)18-6-5-7-20(27)25(18)33/h5-7,10-11,14-15,17,33H,8-9,12-13H2,1-4H3,(H,28,30)/t15-/m1/s1. The van der Waals surface area contributed by atoms with Crippen LogP contribution in [-0.2, 0) is 0 Å². The number of likely N-dealkylation sites (tertiary alicyclic amines) is 1. The van der Waals surface area contributed by atoms with Crippen molar-refractivity contribution in [3.05, 3.63) is 53.2 Å². The van der Waals surface area contributed by atoms with Crippen LogP contribution in [0.25, 0.3) is 22.3 Å². The summed E-state index contributed by atoms with van der Waals surface area (Å²) in [5, 5.41) is 23.5. The molecule has 184 valence electrons. The van der Waals surface area contributed by atoms with E-state index in [1.54, 1.807) is 12.1 Å². The largest absolute Gasteiger partial charge is 0.504 e. The van der Waals surface area contributed by atoms with Gasteiger partial charge in [-0.25, -0.2) is 4.39 Å². The lowest BCUT2D eigenvalue weighted by Crippen LogP contribution is -2.47. The summed E-state index contributed by atoms with van der Waals surface area (Å²) in [6.07, 6.45) is 0. The Hall–Kier alpha value is -3.46. The number of para-hydroxylation sites is 1. The van der Waals surface area contributed by atoms with Crippen LogP contribution >= 0.6 is 0 Å². The number of aromatic amines is 1. The van der Waals surface area contributed by atoms with Gasteiger partial charge in [-0.1, -0.05) is 26.8 Å². The van der Waals surface area contributed by atoms with Crippen LogP contribution < -0.4 is 4.74 Å². The van der Waals surface area contributed by atoms with Crippen molar-refractivity contribution in [2.75, 3.05) is 26.2 Å². The van der Waals surface area contributed by atoms with Crippen LogP contribution in [0.15, 0.2) is 34.9 Å². The lowest BCUT2D eigenvalue weighted by atomic mass is 9.93. The maximum Gasteiger partial charge on any atom is 0.254 e. The first-order valence-corrected chi connectivity index (χ1v) is 12.0. The molecular formula is C26H30FN5O3. The number of ether oxygens (including phenoxy) is 1. The van der Waals surface area contributed by atoms with Gasteiger partial charge in [0.25, 0.3) is 5.88 Å². The predicted molar refractivity (Wildman–Crippen MR) is 130 cm³/mol. The first kappa shape index (κ1) is 23.3. The predicted octanol–water partition coefficient (Wildman–Crippen LogP) is 5.00. The molecule has 8 nitrogen and oxygen atoms in total. The Morgan fingerprint density at radius 2 is 2.03 bits per heavy atom. The number of H-pyrrole nitrogens is 1. The van der Waals surface area contributed by atoms with Crippen LogP contribution in [0.4, 0.5) is 4.39 Å². The van der Waals surface area contributed by atoms with Gasteiger partial charge in [0.05, 0.1) is 5.69 Å². The Labute approximate surface area is 203 Å². The van der Waals surface area contributed by atoms with Gasteiger partial charge >= 0.3 is 0 Å². The molecule has 0 unspecified atom stereocenters. The van der Waals surface area contributed by atoms with Gasteiger partial charge in [-0.3, -0.25) is 4.90 Å². The van der Waals surface area contributed by atoms with Crippen LogP contribution in [0.5, 0.6) is 11.6 Å². The number of benzene rings is 1. The minimum absolute atomic E-state index is 0.302. The van der Waals surface area contributed by atoms with Gasteiger partial charge in [-0.2, -0.15) is 0 Å². The third kappa shape index (κ3) is 4.48. The SMILES string of the molecule is Cc1c(C2CN(CCOc3cc([C@H](C)C(C)C)on3)C2)[nH]c2nnc(-c3cccc(F)c3O)cc12. The number of hydrogen-bond acceptors (Lipinski definition) is 7. The van der Waals surface area contributed by atoms with E-state index in [4.69, 9.17) is 9.26 Å². The zero-order valence-corrected chi connectivity index (χ0v) is 20.4. The molecule has 1 aromatic carbocycles. The summed E-state index contributed by atoms with van der Waals surface area (Å²) in [5.74, 6) is 1.44. The Bertz CT molecular complexity index is 1340. The third-order valence-electron chi connectivity index (χ3n) is 7.10. The molecule has 1 fully saturated rings. The number of aryl methyl sites for hydroxylation is 1. The summed E-state index contributed by atoms with van der Waals surface area (Å²) in [4.78, 5) is 5.73. The molecule has 0 radical (unpaired) electrons. The number of hydrogen-bond donors (Lipinski definition) is 2. The maximum atomic E-state index is 13.8. The highest BCUT2D eigenvalue weighted by atomic mass is 19.1. The number of fused-ring (bicyclic) bond motifs is 1. The lowest BCUT2D eigenvalue weighted by molar-refractivity contribution is 0.117. The van der Waals surface area contributed by atoms with Crippen LogP contribution in [-0.4, -0.2) is 56.6 Å². The van der Waals surface area contributed by atoms with E-state index in [9.17, 15) is 9.50 Å². The molecule has 35 heavy (non-hydrogen) atoms. The van der Waals surface area contributed by atoms with Crippen molar-refractivity contribution in [2.24, 2.45) is 5.92 Å². The summed E-state index contributed by atoms with van der Waals surface area (Å²) in [6.45, 7) is 11.7. The summed E-state index contributed by atoms with van der Waals surface area (Å²) in [6, 6.07) is 8.13. The van der Waals surface area contributed by atoms with Crippen molar-refractivity contribution in [3.8, 4) is 22.9 Å². The molecule has 1 aliphatic rings. The first-order valence-electron chi connectivity index (χ1n) is 12.0. The van der Waals surface area contributed by atoms with Crippen LogP contribution in [0, 0.1) is 18.7 Å². The van der Waals surface area contributed by atoms with Crippen molar-refractivity contribution < 1.29 is 18.8 Å². The zero-order chi connectivity index (χ0) is 24.7. The van der Waals surface area contributed by atoms with E-state index in [0.717, 1.165) is 42.0 Å². The molecule has 1 atom stereocenters. The molecular weight excluding hydrogens is 449 g/mol. The molecule has 2 N–H and O–H groups in total. The van der Waals surface area contributed by atoms with Crippen molar-refractivity contribution in [3.63, 3.8) is 0 Å². The average molecular weight is 480 g/mol. The molecule has 5 rings (SSSR count). The number of phenolic OH excluding ortho intramolecular Hbond substituents is 1. The monoisotopic (exact) mass is 479 g/mol. The number of rotatable bonds is 8. The van der Waals surface area contributed by atoms with Gasteiger partial charge in [0.1, 0.15) is 12.4 Å². The fourth-order valence-electron chi connectivity index (χ4n) is 4.50. The molecule has 4 heterocycles. The summed E-state index contributed by atoms with van der Waals surface area (Å²) >= 11 is 0. The highest BCUT2D eigenvalue weighted by Gasteiger charge is 2.31. The Morgan fingerprint density at radius 3 is 2.80 bits per heavy atom. The van der Waals surface area contributed by atoms with E-state index in [1.807, 2.05) is 12.1 Å². The molecule has 0 saturated carbocycles. The van der Waals surface area contributed by atoms with E-state index in [-0.39, 0.29) is 0 Å². The van der Waals surface area contributed by atoms with Crippen molar-refractivity contribution >= 4 is 11.0 Å². The molecule has 0 spiro atoms. The number of aromatic hydroxyl groups is 1. The number of nitrogens with one attached hydrogen (secondary N) is 1. The molecule has 4 aromatic rings. The lowest BCUT2D eigenvalue weighted by Gasteiger charge is -2.39. The smallest absolute Gasteiger partial charge is 0.254 e. The van der Waals surface area contributed by atoms with Gasteiger partial charge in [0.15, 0.2) is 17.2 Å². The van der Waals surface area contributed by atoms with Crippen LogP contribution in [0.1, 0.15) is 49.6 Å². The second-order valence-electron chi connectivity index (χ2n) is 9.70. The molecule has 1 saturated heterocycles. The maximum absolute atomic E-state index is 13.8. The fraction of sp³-hybridized carbons (Fsp3) is 0.423. The quantitative estimate of drug-likeness (QED) is 0.367. The van der Waals surface area contributed by atoms with Crippen LogP contribution in [0.3, 0.4) is 0 Å². The third-order valence-corrected chi connectivity index (χ3v) is 7.10. The van der Waals surface area contributed by atoms with Crippen molar-refractivity contribution in [1.82, 2.24) is 25.2 Å². The number of aromatic nitrogens is 4. The van der Waals surface area contributed by atoms with Gasteiger partial charge in [0.2, 0.25) is 0 Å². The summed E-state index contributed by atoms with van der Waals surface area (Å²) < 4.78 is 25.0. The normalized spacial score (nSPS) is 15.6. The zero-order valence-electron chi connectivity index (χ0n) is 20.4. The van der Waals surface area contributed by atoms with Gasteiger partial charge < -0.3 is 19.4 Å². The fourth-order valence-corrected chi connectivity index (χ4v) is 4.50. The molecule has 0 aliphatic carbocycles. The van der Waals surface area contributed by atoms with Crippen molar-refractivity contribution in [2.45, 2.75) is 39.5 Å². The molecule has 1 aliphatic heterocycles. The highest BCUT2D eigenvalue weighted by Crippen LogP contribution is 2.35. The minimum Gasteiger partial charge on any atom is -0.504 e. The first-order chi connectivity index (χ1) is 16.8. The molecule has 0 amide bonds.